The van der Waals surface area contributed by atoms with Gasteiger partial charge in [0.05, 0.1) is 37.8 Å². The minimum absolute atomic E-state index is 0.0110. The first-order chi connectivity index (χ1) is 21.8. The number of imide groups is 1. The third kappa shape index (κ3) is 4.82. The minimum Gasteiger partial charge on any atom is -0.504 e. The molecule has 2 heterocycles. The first-order valence-electron chi connectivity index (χ1n) is 15.3. The fourth-order valence-electron chi connectivity index (χ4n) is 7.53. The van der Waals surface area contributed by atoms with E-state index in [0.717, 1.165) is 29.9 Å². The number of aromatic hydroxyl groups is 1. The van der Waals surface area contributed by atoms with Crippen LogP contribution in [0.1, 0.15) is 25.3 Å². The molecule has 0 aromatic heterocycles. The van der Waals surface area contributed by atoms with Crippen molar-refractivity contribution in [3.05, 3.63) is 88.5 Å². The summed E-state index contributed by atoms with van der Waals surface area (Å²) in [6, 6.07) is 12.5. The van der Waals surface area contributed by atoms with Crippen LogP contribution in [0.3, 0.4) is 0 Å². The van der Waals surface area contributed by atoms with E-state index in [-0.39, 0.29) is 35.6 Å². The van der Waals surface area contributed by atoms with Crippen LogP contribution >= 0.6 is 0 Å². The molecule has 9 heteroatoms. The zero-order valence-corrected chi connectivity index (χ0v) is 25.2. The molecule has 0 bridgehead atoms. The molecule has 3 aliphatic carbocycles. The van der Waals surface area contributed by atoms with Crippen molar-refractivity contribution < 1.29 is 33.8 Å². The Labute approximate surface area is 261 Å². The van der Waals surface area contributed by atoms with Gasteiger partial charge in [0, 0.05) is 41.4 Å². The molecule has 7 rings (SSSR count). The van der Waals surface area contributed by atoms with Gasteiger partial charge in [0.15, 0.2) is 23.1 Å². The molecule has 2 amide bonds. The summed E-state index contributed by atoms with van der Waals surface area (Å²) >= 11 is 0. The fraction of sp³-hybridized carbons (Fsp3) is 0.333. The average molecular weight is 607 g/mol. The quantitative estimate of drug-likeness (QED) is 0.303. The number of rotatable bonds is 5. The number of phenolic OH excluding ortho intramolecular Hbond substituents is 1. The number of Topliss-reactive ketones (excluding diaryl/α,β-unsaturated/α-hetero) is 1. The van der Waals surface area contributed by atoms with Crippen LogP contribution in [0.15, 0.2) is 83.0 Å². The predicted molar refractivity (Wildman–Crippen MR) is 168 cm³/mol. The van der Waals surface area contributed by atoms with Crippen LogP contribution in [0.2, 0.25) is 0 Å². The molecule has 0 saturated carbocycles. The van der Waals surface area contributed by atoms with E-state index in [9.17, 15) is 24.3 Å². The van der Waals surface area contributed by atoms with E-state index < -0.39 is 23.7 Å². The van der Waals surface area contributed by atoms with E-state index in [1.54, 1.807) is 19.1 Å². The Bertz CT molecular complexity index is 1740. The van der Waals surface area contributed by atoms with Crippen molar-refractivity contribution in [2.75, 3.05) is 43.2 Å². The van der Waals surface area contributed by atoms with E-state index in [1.165, 1.54) is 24.2 Å². The average Bonchev–Trinajstić information content (AvgIpc) is 3.32. The molecular weight excluding hydrogens is 572 g/mol. The van der Waals surface area contributed by atoms with E-state index >= 15 is 0 Å². The largest absolute Gasteiger partial charge is 0.504 e. The van der Waals surface area contributed by atoms with Crippen molar-refractivity contribution in [1.82, 2.24) is 0 Å². The number of morpholine rings is 1. The molecule has 45 heavy (non-hydrogen) atoms. The van der Waals surface area contributed by atoms with Gasteiger partial charge in [0.2, 0.25) is 11.8 Å². The normalized spacial score (nSPS) is 26.5. The Hall–Kier alpha value is -4.76. The molecule has 2 aromatic rings. The maximum atomic E-state index is 14.2. The predicted octanol–water partition coefficient (Wildman–Crippen LogP) is 4.42. The molecule has 2 fully saturated rings. The zero-order valence-electron chi connectivity index (χ0n) is 25.2. The lowest BCUT2D eigenvalue weighted by Crippen LogP contribution is -2.40. The summed E-state index contributed by atoms with van der Waals surface area (Å²) in [6.07, 6.45) is 7.71. The molecule has 0 radical (unpaired) electrons. The van der Waals surface area contributed by atoms with E-state index in [4.69, 9.17) is 9.47 Å². The SMILES string of the molecule is COc1cc(C=C[C@H]2C3=CC[C@@H]4C(=O)N(c5ccc(N6CCOCC6)cc5)C(=O)[C@@H]4[C@@H]3CC3=C2C(=O)C(C)=CC3=O)ccc1O. The van der Waals surface area contributed by atoms with Gasteiger partial charge >= 0.3 is 0 Å². The van der Waals surface area contributed by atoms with Gasteiger partial charge in [-0.3, -0.25) is 24.1 Å². The lowest BCUT2D eigenvalue weighted by atomic mass is 9.60. The van der Waals surface area contributed by atoms with Gasteiger partial charge in [-0.2, -0.15) is 0 Å². The summed E-state index contributed by atoms with van der Waals surface area (Å²) < 4.78 is 10.7. The fourth-order valence-corrected chi connectivity index (χ4v) is 7.53. The number of methoxy groups -OCH3 is 1. The number of ketones is 2. The monoisotopic (exact) mass is 606 g/mol. The standard InChI is InChI=1S/C36H34N2O7/c1-20-17-30(40)28-19-27-24(25(32(28)34(20)41)9-3-21-4-12-29(39)31(18-21)44-2)10-11-26-33(27)36(43)38(35(26)42)23-7-5-22(6-8-23)37-13-15-45-16-14-37/h3-10,12,17-18,25-27,33,39H,11,13-16,19H2,1-2H3/t25-,26-,27+,33-/m0/s1. The van der Waals surface area contributed by atoms with Crippen LogP contribution in [-0.2, 0) is 23.9 Å². The van der Waals surface area contributed by atoms with Gasteiger partial charge in [0.25, 0.3) is 0 Å². The van der Waals surface area contributed by atoms with Crippen molar-refractivity contribution in [1.29, 1.82) is 0 Å². The highest BCUT2D eigenvalue weighted by molar-refractivity contribution is 6.24. The molecule has 9 nitrogen and oxygen atoms in total. The smallest absolute Gasteiger partial charge is 0.238 e. The Balaban J connectivity index is 1.23. The highest BCUT2D eigenvalue weighted by atomic mass is 16.5. The van der Waals surface area contributed by atoms with Crippen LogP contribution < -0.4 is 14.5 Å². The number of amides is 2. The van der Waals surface area contributed by atoms with E-state index in [0.29, 0.717) is 47.8 Å². The topological polar surface area (TPSA) is 113 Å². The van der Waals surface area contributed by atoms with Gasteiger partial charge in [-0.25, -0.2) is 0 Å². The first-order valence-corrected chi connectivity index (χ1v) is 15.3. The first kappa shape index (κ1) is 29.0. The zero-order chi connectivity index (χ0) is 31.4. The van der Waals surface area contributed by atoms with Crippen molar-refractivity contribution in [3.63, 3.8) is 0 Å². The number of ether oxygens (including phenoxy) is 2. The van der Waals surface area contributed by atoms with Crippen molar-refractivity contribution in [2.45, 2.75) is 19.8 Å². The molecule has 2 aromatic carbocycles. The molecule has 0 spiro atoms. The molecule has 0 unspecified atom stereocenters. The maximum Gasteiger partial charge on any atom is 0.238 e. The highest BCUT2D eigenvalue weighted by Gasteiger charge is 2.56. The van der Waals surface area contributed by atoms with Gasteiger partial charge in [-0.15, -0.1) is 0 Å². The molecule has 2 aliphatic heterocycles. The number of hydrogen-bond acceptors (Lipinski definition) is 8. The Kier molecular flexibility index (Phi) is 7.28. The van der Waals surface area contributed by atoms with E-state index in [1.807, 2.05) is 42.5 Å². The Morgan fingerprint density at radius 3 is 2.42 bits per heavy atom. The third-order valence-corrected chi connectivity index (χ3v) is 9.78. The summed E-state index contributed by atoms with van der Waals surface area (Å²) in [5.41, 5.74) is 4.42. The van der Waals surface area contributed by atoms with Crippen LogP contribution in [0.5, 0.6) is 11.5 Å². The second-order valence-corrected chi connectivity index (χ2v) is 12.2. The molecule has 5 aliphatic rings. The van der Waals surface area contributed by atoms with Crippen LogP contribution in [-0.4, -0.2) is 61.9 Å². The summed E-state index contributed by atoms with van der Waals surface area (Å²) in [5.74, 6) is -2.69. The number of anilines is 2. The lowest BCUT2D eigenvalue weighted by molar-refractivity contribution is -0.123. The molecule has 1 N–H and O–H groups in total. The molecule has 4 atom stereocenters. The van der Waals surface area contributed by atoms with E-state index in [2.05, 4.69) is 4.90 Å². The number of benzene rings is 2. The maximum absolute atomic E-state index is 14.2. The van der Waals surface area contributed by atoms with Crippen LogP contribution in [0.25, 0.3) is 6.08 Å². The second-order valence-electron chi connectivity index (χ2n) is 12.2. The Morgan fingerprint density at radius 1 is 0.956 bits per heavy atom. The number of nitrogens with zero attached hydrogens (tertiary/aromatic N) is 2. The van der Waals surface area contributed by atoms with Gasteiger partial charge in [0.1, 0.15) is 0 Å². The van der Waals surface area contributed by atoms with Crippen molar-refractivity contribution >= 4 is 40.8 Å². The number of carbonyl (C=O) groups is 4. The van der Waals surface area contributed by atoms with Crippen molar-refractivity contribution in [3.8, 4) is 11.5 Å². The van der Waals surface area contributed by atoms with Gasteiger partial charge in [-0.05, 0) is 73.7 Å². The lowest BCUT2D eigenvalue weighted by Gasteiger charge is -2.41. The molecule has 2 saturated heterocycles. The Morgan fingerprint density at radius 2 is 1.69 bits per heavy atom. The minimum atomic E-state index is -0.634. The number of carbonyl (C=O) groups excluding carboxylic acids is 4. The van der Waals surface area contributed by atoms with Crippen LogP contribution in [0, 0.1) is 23.7 Å². The summed E-state index contributed by atoms with van der Waals surface area (Å²) in [5, 5.41) is 10.0. The van der Waals surface area contributed by atoms with Crippen LogP contribution in [0.4, 0.5) is 11.4 Å². The molecule has 230 valence electrons. The molecular formula is C36H34N2O7. The van der Waals surface area contributed by atoms with Gasteiger partial charge < -0.3 is 19.5 Å². The number of allylic oxidation sites excluding steroid dienone is 7. The summed E-state index contributed by atoms with van der Waals surface area (Å²) in [6.45, 7) is 4.53. The van der Waals surface area contributed by atoms with Gasteiger partial charge in [-0.1, -0.05) is 29.9 Å². The summed E-state index contributed by atoms with van der Waals surface area (Å²) in [7, 11) is 1.47. The second kappa shape index (κ2) is 11.3. The van der Waals surface area contributed by atoms with Crippen molar-refractivity contribution in [2.24, 2.45) is 23.7 Å². The highest BCUT2D eigenvalue weighted by Crippen LogP contribution is 2.53. The number of fused-ring (bicyclic) bond motifs is 3. The third-order valence-electron chi connectivity index (χ3n) is 9.78. The number of hydrogen-bond donors (Lipinski definition) is 1. The summed E-state index contributed by atoms with van der Waals surface area (Å²) in [4.78, 5) is 58.3. The number of phenols is 1.